The van der Waals surface area contributed by atoms with Crippen molar-refractivity contribution in [2.24, 2.45) is 0 Å². The van der Waals surface area contributed by atoms with Crippen molar-refractivity contribution < 1.29 is 19.1 Å². The van der Waals surface area contributed by atoms with Crippen molar-refractivity contribution >= 4 is 5.97 Å². The van der Waals surface area contributed by atoms with Gasteiger partial charge in [0.25, 0.3) is 0 Å². The Labute approximate surface area is 105 Å². The van der Waals surface area contributed by atoms with Gasteiger partial charge >= 0.3 is 5.97 Å². The molecule has 1 aromatic carbocycles. The van der Waals surface area contributed by atoms with E-state index in [1.807, 2.05) is 30.3 Å². The van der Waals surface area contributed by atoms with Crippen LogP contribution >= 0.6 is 0 Å². The van der Waals surface area contributed by atoms with E-state index in [0.29, 0.717) is 18.1 Å². The quantitative estimate of drug-likeness (QED) is 0.881. The second-order valence-electron chi connectivity index (χ2n) is 3.97. The highest BCUT2D eigenvalue weighted by molar-refractivity contribution is 5.88. The molecule has 4 heteroatoms. The number of aryl methyl sites for hydroxylation is 1. The molecule has 0 saturated heterocycles. The van der Waals surface area contributed by atoms with E-state index < -0.39 is 5.97 Å². The first-order valence-corrected chi connectivity index (χ1v) is 5.61. The summed E-state index contributed by atoms with van der Waals surface area (Å²) >= 11 is 0. The van der Waals surface area contributed by atoms with Gasteiger partial charge in [-0.15, -0.1) is 0 Å². The van der Waals surface area contributed by atoms with Gasteiger partial charge in [0, 0.05) is 0 Å². The summed E-state index contributed by atoms with van der Waals surface area (Å²) in [5, 5.41) is 8.88. The summed E-state index contributed by atoms with van der Waals surface area (Å²) in [6.45, 7) is 2.37. The van der Waals surface area contributed by atoms with E-state index in [-0.39, 0.29) is 12.2 Å². The van der Waals surface area contributed by atoms with Gasteiger partial charge in [-0.3, -0.25) is 0 Å². The summed E-state index contributed by atoms with van der Waals surface area (Å²) in [5.41, 5.74) is 1.26. The van der Waals surface area contributed by atoms with Crippen LogP contribution in [0.5, 0.6) is 0 Å². The zero-order valence-electron chi connectivity index (χ0n) is 10.1. The molecule has 0 aliphatic heterocycles. The summed E-state index contributed by atoms with van der Waals surface area (Å²) in [7, 11) is 0. The Morgan fingerprint density at radius 3 is 2.61 bits per heavy atom. The molecule has 0 aliphatic rings. The molecule has 0 amide bonds. The number of hydrogen-bond acceptors (Lipinski definition) is 3. The van der Waals surface area contributed by atoms with E-state index in [1.165, 1.54) is 6.07 Å². The SMILES string of the molecule is Cc1oc(COCc2ccccc2)cc1C(=O)O. The van der Waals surface area contributed by atoms with Crippen molar-refractivity contribution in [2.75, 3.05) is 0 Å². The molecule has 1 heterocycles. The van der Waals surface area contributed by atoms with E-state index >= 15 is 0 Å². The highest BCUT2D eigenvalue weighted by atomic mass is 16.5. The third-order valence-electron chi connectivity index (χ3n) is 2.56. The number of carboxylic acid groups (broad SMARTS) is 1. The zero-order valence-corrected chi connectivity index (χ0v) is 10.1. The number of benzene rings is 1. The molecule has 0 unspecified atom stereocenters. The lowest BCUT2D eigenvalue weighted by molar-refractivity contribution is 0.0695. The molecule has 1 N–H and O–H groups in total. The lowest BCUT2D eigenvalue weighted by atomic mass is 10.2. The molecule has 94 valence electrons. The van der Waals surface area contributed by atoms with Gasteiger partial charge in [-0.05, 0) is 18.6 Å². The molecule has 0 bridgehead atoms. The Bertz CT molecular complexity index is 528. The summed E-state index contributed by atoms with van der Waals surface area (Å²) in [4.78, 5) is 10.8. The maximum Gasteiger partial charge on any atom is 0.339 e. The molecular formula is C14H14O4. The van der Waals surface area contributed by atoms with Crippen LogP contribution in [0.2, 0.25) is 0 Å². The fraction of sp³-hybridized carbons (Fsp3) is 0.214. The molecule has 1 aromatic heterocycles. The first-order valence-electron chi connectivity index (χ1n) is 5.61. The number of carbonyl (C=O) groups is 1. The Hall–Kier alpha value is -2.07. The molecule has 0 atom stereocenters. The van der Waals surface area contributed by atoms with Gasteiger partial charge < -0.3 is 14.3 Å². The third kappa shape index (κ3) is 2.99. The van der Waals surface area contributed by atoms with Gasteiger partial charge in [0.15, 0.2) is 0 Å². The van der Waals surface area contributed by atoms with E-state index in [2.05, 4.69) is 0 Å². The Morgan fingerprint density at radius 2 is 2.00 bits per heavy atom. The number of aromatic carboxylic acids is 1. The monoisotopic (exact) mass is 246 g/mol. The van der Waals surface area contributed by atoms with Crippen molar-refractivity contribution in [1.82, 2.24) is 0 Å². The fourth-order valence-electron chi connectivity index (χ4n) is 1.67. The van der Waals surface area contributed by atoms with Crippen LogP contribution in [0.15, 0.2) is 40.8 Å². The highest BCUT2D eigenvalue weighted by Gasteiger charge is 2.13. The Balaban J connectivity index is 1.91. The van der Waals surface area contributed by atoms with Gasteiger partial charge in [0.05, 0.1) is 6.61 Å². The minimum atomic E-state index is -0.981. The van der Waals surface area contributed by atoms with E-state index in [0.717, 1.165) is 5.56 Å². The van der Waals surface area contributed by atoms with E-state index in [9.17, 15) is 4.79 Å². The summed E-state index contributed by atoms with van der Waals surface area (Å²) in [5.74, 6) is -0.0489. The number of hydrogen-bond donors (Lipinski definition) is 1. The molecule has 0 aliphatic carbocycles. The van der Waals surface area contributed by atoms with Crippen LogP contribution < -0.4 is 0 Å². The third-order valence-corrected chi connectivity index (χ3v) is 2.56. The van der Waals surface area contributed by atoms with Gasteiger partial charge in [0.1, 0.15) is 23.7 Å². The molecule has 0 saturated carbocycles. The molecule has 0 fully saturated rings. The topological polar surface area (TPSA) is 59.7 Å². The van der Waals surface area contributed by atoms with Crippen LogP contribution in [0.3, 0.4) is 0 Å². The summed E-state index contributed by atoms with van der Waals surface area (Å²) < 4.78 is 10.8. The van der Waals surface area contributed by atoms with Crippen LogP contribution in [0.4, 0.5) is 0 Å². The van der Waals surface area contributed by atoms with Gasteiger partial charge in [-0.1, -0.05) is 30.3 Å². The van der Waals surface area contributed by atoms with E-state index in [4.69, 9.17) is 14.3 Å². The number of rotatable bonds is 5. The lowest BCUT2D eigenvalue weighted by Crippen LogP contribution is -1.95. The van der Waals surface area contributed by atoms with Crippen LogP contribution in [0, 0.1) is 6.92 Å². The first-order chi connectivity index (χ1) is 8.66. The van der Waals surface area contributed by atoms with Crippen LogP contribution in [-0.2, 0) is 18.0 Å². The normalized spacial score (nSPS) is 10.5. The predicted octanol–water partition coefficient (Wildman–Crippen LogP) is 3.00. The molecule has 0 spiro atoms. The Kier molecular flexibility index (Phi) is 3.79. The van der Waals surface area contributed by atoms with E-state index in [1.54, 1.807) is 6.92 Å². The van der Waals surface area contributed by atoms with Crippen molar-refractivity contribution in [2.45, 2.75) is 20.1 Å². The Morgan fingerprint density at radius 1 is 1.28 bits per heavy atom. The summed E-state index contributed by atoms with van der Waals surface area (Å²) in [6, 6.07) is 11.3. The molecule has 0 radical (unpaired) electrons. The minimum absolute atomic E-state index is 0.188. The predicted molar refractivity (Wildman–Crippen MR) is 65.3 cm³/mol. The molecular weight excluding hydrogens is 232 g/mol. The van der Waals surface area contributed by atoms with Gasteiger partial charge in [-0.25, -0.2) is 4.79 Å². The number of carboxylic acids is 1. The maximum atomic E-state index is 10.8. The zero-order chi connectivity index (χ0) is 13.0. The molecule has 2 rings (SSSR count). The largest absolute Gasteiger partial charge is 0.478 e. The average molecular weight is 246 g/mol. The van der Waals surface area contributed by atoms with Gasteiger partial charge in [0.2, 0.25) is 0 Å². The summed E-state index contributed by atoms with van der Waals surface area (Å²) in [6.07, 6.45) is 0. The lowest BCUT2D eigenvalue weighted by Gasteiger charge is -2.01. The average Bonchev–Trinajstić information content (AvgIpc) is 2.72. The molecule has 18 heavy (non-hydrogen) atoms. The fourth-order valence-corrected chi connectivity index (χ4v) is 1.67. The van der Waals surface area contributed by atoms with Crippen LogP contribution in [0.1, 0.15) is 27.4 Å². The maximum absolute atomic E-state index is 10.8. The van der Waals surface area contributed by atoms with Crippen molar-refractivity contribution in [1.29, 1.82) is 0 Å². The molecule has 2 aromatic rings. The van der Waals surface area contributed by atoms with Crippen molar-refractivity contribution in [3.63, 3.8) is 0 Å². The minimum Gasteiger partial charge on any atom is -0.478 e. The second-order valence-corrected chi connectivity index (χ2v) is 3.97. The smallest absolute Gasteiger partial charge is 0.339 e. The standard InChI is InChI=1S/C14H14O4/c1-10-13(14(15)16)7-12(18-10)9-17-8-11-5-3-2-4-6-11/h2-7H,8-9H2,1H3,(H,15,16). The molecule has 4 nitrogen and oxygen atoms in total. The second kappa shape index (κ2) is 5.51. The van der Waals surface area contributed by atoms with Crippen molar-refractivity contribution in [3.8, 4) is 0 Å². The van der Waals surface area contributed by atoms with Gasteiger partial charge in [-0.2, -0.15) is 0 Å². The van der Waals surface area contributed by atoms with Crippen molar-refractivity contribution in [3.05, 3.63) is 59.0 Å². The number of ether oxygens (including phenoxy) is 1. The van der Waals surface area contributed by atoms with Crippen LogP contribution in [0.25, 0.3) is 0 Å². The first kappa shape index (κ1) is 12.4. The highest BCUT2D eigenvalue weighted by Crippen LogP contribution is 2.16. The van der Waals surface area contributed by atoms with Crippen LogP contribution in [-0.4, -0.2) is 11.1 Å². The number of furan rings is 1.